The molecule has 10 aliphatic rings. The molecule has 0 aromatic heterocycles. The van der Waals surface area contributed by atoms with Gasteiger partial charge in [0.25, 0.3) is 23.6 Å². The summed E-state index contributed by atoms with van der Waals surface area (Å²) in [6.45, 7) is 5.05. The van der Waals surface area contributed by atoms with E-state index in [1.807, 2.05) is 62.4 Å². The zero-order valence-corrected chi connectivity index (χ0v) is 31.6. The van der Waals surface area contributed by atoms with Crippen LogP contribution >= 0.6 is 43.2 Å². The molecule has 51 heavy (non-hydrogen) atoms. The van der Waals surface area contributed by atoms with Gasteiger partial charge in [-0.3, -0.25) is 28.9 Å². The number of fused-ring (bicyclic) bond motifs is 11. The molecule has 2 N–H and O–H groups in total. The number of hydrogen-bond donors (Lipinski definition) is 2. The molecule has 9 heterocycles. The number of benzene rings is 2. The van der Waals surface area contributed by atoms with Crippen LogP contribution in [-0.2, 0) is 46.0 Å². The lowest BCUT2D eigenvalue weighted by atomic mass is 9.51. The van der Waals surface area contributed by atoms with Gasteiger partial charge in [0.2, 0.25) is 9.74 Å². The predicted molar refractivity (Wildman–Crippen MR) is 194 cm³/mol. The van der Waals surface area contributed by atoms with Gasteiger partial charge in [-0.15, -0.1) is 0 Å². The molecule has 0 unspecified atom stereocenters. The number of aliphatic hydroxyl groups excluding tert-OH is 1. The standard InChI is InChI=1S/C35H35N5O7S4/c1-6-30-26(43)39-22-16-18-12-8-9-13-19(18)32(22,23(42)34(39,50-48-30)28(45)37(30)4)33-20-14-10-11-15-21(20)36-25(33)40-27(44)31(7-2)38(5)29(46)35(40,51-49-31)24(33)47-17(3)41/h8-15,22-25,36,42H,6-7,16H2,1-5H3/t22-,23-,24-,25+,30-,31-,32-,33+,34-,35-/m0/s1. The van der Waals surface area contributed by atoms with Crippen LogP contribution in [-0.4, -0.2) is 112 Å². The lowest BCUT2D eigenvalue weighted by Crippen LogP contribution is -2.78. The summed E-state index contributed by atoms with van der Waals surface area (Å²) in [7, 11) is 8.32. The number of nitrogens with one attached hydrogen (secondary N) is 1. The summed E-state index contributed by atoms with van der Waals surface area (Å²) in [5, 5.41) is 17.3. The van der Waals surface area contributed by atoms with Gasteiger partial charge in [-0.2, -0.15) is 0 Å². The number of hydrogen-bond acceptors (Lipinski definition) is 12. The number of likely N-dealkylation sites (N-methyl/N-ethyl adjacent to an activating group) is 2. The van der Waals surface area contributed by atoms with E-state index in [0.717, 1.165) is 5.56 Å². The Hall–Kier alpha value is -3.05. The van der Waals surface area contributed by atoms with E-state index in [-0.39, 0.29) is 23.6 Å². The van der Waals surface area contributed by atoms with Crippen LogP contribution < -0.4 is 5.32 Å². The highest BCUT2D eigenvalue weighted by Crippen LogP contribution is 2.79. The lowest BCUT2D eigenvalue weighted by Gasteiger charge is -2.59. The fourth-order valence-electron chi connectivity index (χ4n) is 11.3. The number of para-hydroxylation sites is 1. The topological polar surface area (TPSA) is 140 Å². The zero-order valence-electron chi connectivity index (χ0n) is 28.4. The molecule has 10 atom stereocenters. The molecule has 0 saturated carbocycles. The van der Waals surface area contributed by atoms with E-state index in [4.69, 9.17) is 4.74 Å². The Morgan fingerprint density at radius 1 is 0.804 bits per heavy atom. The van der Waals surface area contributed by atoms with Crippen molar-refractivity contribution in [2.45, 2.75) is 94.8 Å². The summed E-state index contributed by atoms with van der Waals surface area (Å²) >= 11 is 0. The molecule has 4 amide bonds. The van der Waals surface area contributed by atoms with E-state index in [1.165, 1.54) is 59.9 Å². The van der Waals surface area contributed by atoms with Gasteiger partial charge in [0.05, 0.1) is 16.9 Å². The van der Waals surface area contributed by atoms with Crippen molar-refractivity contribution in [2.75, 3.05) is 19.4 Å². The maximum atomic E-state index is 15.2. The monoisotopic (exact) mass is 765 g/mol. The van der Waals surface area contributed by atoms with Crippen LogP contribution in [0.4, 0.5) is 5.69 Å². The number of nitrogens with zero attached hydrogens (tertiary/aromatic N) is 4. The number of amides is 4. The van der Waals surface area contributed by atoms with Gasteiger partial charge in [0.15, 0.2) is 15.8 Å². The summed E-state index contributed by atoms with van der Waals surface area (Å²) < 4.78 is 6.56. The van der Waals surface area contributed by atoms with Crippen LogP contribution in [0.1, 0.15) is 50.3 Å². The predicted octanol–water partition coefficient (Wildman–Crippen LogP) is 2.85. The van der Waals surface area contributed by atoms with Crippen molar-refractivity contribution >= 4 is 78.5 Å². The Labute approximate surface area is 309 Å². The average molecular weight is 766 g/mol. The highest BCUT2D eigenvalue weighted by atomic mass is 33.1. The minimum absolute atomic E-state index is 0.262. The second-order valence-corrected chi connectivity index (χ2v) is 19.9. The van der Waals surface area contributed by atoms with Crippen molar-refractivity contribution in [1.82, 2.24) is 19.6 Å². The molecule has 12 nitrogen and oxygen atoms in total. The summed E-state index contributed by atoms with van der Waals surface area (Å²) in [4.78, 5) is 74.2. The Morgan fingerprint density at radius 3 is 2.02 bits per heavy atom. The summed E-state index contributed by atoms with van der Waals surface area (Å²) in [5.74, 6) is -1.97. The van der Waals surface area contributed by atoms with E-state index >= 15 is 14.4 Å². The third kappa shape index (κ3) is 2.93. The van der Waals surface area contributed by atoms with Gasteiger partial charge < -0.3 is 29.9 Å². The first-order chi connectivity index (χ1) is 24.3. The third-order valence-electron chi connectivity index (χ3n) is 13.3. The zero-order chi connectivity index (χ0) is 35.8. The number of aliphatic hydroxyl groups is 1. The van der Waals surface area contributed by atoms with E-state index < -0.39 is 60.7 Å². The van der Waals surface area contributed by atoms with Crippen molar-refractivity contribution in [3.8, 4) is 0 Å². The fourth-order valence-corrected chi connectivity index (χ4v) is 19.2. The molecule has 2 aromatic rings. The Morgan fingerprint density at radius 2 is 1.37 bits per heavy atom. The summed E-state index contributed by atoms with van der Waals surface area (Å²) in [5.41, 5.74) is -0.246. The van der Waals surface area contributed by atoms with Crippen LogP contribution in [0.5, 0.6) is 0 Å². The summed E-state index contributed by atoms with van der Waals surface area (Å²) in [6.07, 6.45) is -2.93. The Balaban J connectivity index is 1.37. The molecule has 4 bridgehead atoms. The number of carbonyl (C=O) groups excluding carboxylic acids is 5. The first kappa shape index (κ1) is 32.6. The molecule has 8 saturated heterocycles. The molecule has 8 fully saturated rings. The van der Waals surface area contributed by atoms with Crippen molar-refractivity contribution in [2.24, 2.45) is 0 Å². The van der Waals surface area contributed by atoms with E-state index in [2.05, 4.69) is 5.32 Å². The fraction of sp³-hybridized carbons (Fsp3) is 0.514. The average Bonchev–Trinajstić information content (AvgIpc) is 3.78. The van der Waals surface area contributed by atoms with Crippen LogP contribution in [0.2, 0.25) is 0 Å². The number of esters is 1. The third-order valence-corrected chi connectivity index (χ3v) is 20.9. The summed E-state index contributed by atoms with van der Waals surface area (Å²) in [6, 6.07) is 14.4. The Bertz CT molecular complexity index is 2060. The van der Waals surface area contributed by atoms with Gasteiger partial charge in [0, 0.05) is 26.7 Å². The van der Waals surface area contributed by atoms with Crippen LogP contribution in [0.25, 0.3) is 0 Å². The van der Waals surface area contributed by atoms with E-state index in [1.54, 1.807) is 23.9 Å². The molecular weight excluding hydrogens is 731 g/mol. The van der Waals surface area contributed by atoms with Crippen molar-refractivity contribution < 1.29 is 33.8 Å². The SMILES string of the molecule is CC[C@@]12SS[C@]3(C(=O)N1C)[C@@H](O)[C@]1([C@@]45c6ccccc6N[C@@H]4N4C(=O)[C@]6(CC)SS[C@]4(C(=O)N6C)[C@H]5OC(C)=O)c4ccccc4C[C@@H]1N3C2=O. The molecule has 1 aliphatic carbocycles. The second-order valence-electron chi connectivity index (χ2n) is 14.7. The van der Waals surface area contributed by atoms with Crippen LogP contribution in [0, 0.1) is 0 Å². The Kier molecular flexibility index (Phi) is 6.22. The molecule has 9 aliphatic heterocycles. The number of rotatable bonds is 4. The largest absolute Gasteiger partial charge is 0.457 e. The maximum absolute atomic E-state index is 15.2. The molecule has 0 radical (unpaired) electrons. The van der Waals surface area contributed by atoms with Gasteiger partial charge >= 0.3 is 5.97 Å². The minimum Gasteiger partial charge on any atom is -0.457 e. The van der Waals surface area contributed by atoms with Crippen molar-refractivity contribution in [3.63, 3.8) is 0 Å². The van der Waals surface area contributed by atoms with Gasteiger partial charge in [-0.1, -0.05) is 77.9 Å². The van der Waals surface area contributed by atoms with E-state index in [0.29, 0.717) is 36.1 Å². The normalized spacial score (nSPS) is 43.6. The molecule has 266 valence electrons. The van der Waals surface area contributed by atoms with E-state index in [9.17, 15) is 14.7 Å². The highest BCUT2D eigenvalue weighted by molar-refractivity contribution is 8.78. The first-order valence-electron chi connectivity index (χ1n) is 17.1. The van der Waals surface area contributed by atoms with Gasteiger partial charge in [-0.25, -0.2) is 0 Å². The van der Waals surface area contributed by atoms with Crippen molar-refractivity contribution in [3.05, 3.63) is 65.2 Å². The second kappa shape index (κ2) is 9.73. The number of piperazine rings is 2. The maximum Gasteiger partial charge on any atom is 0.303 e. The number of ether oxygens (including phenoxy) is 1. The van der Waals surface area contributed by atoms with Crippen molar-refractivity contribution in [1.29, 1.82) is 0 Å². The molecular formula is C35H35N5O7S4. The van der Waals surface area contributed by atoms with Gasteiger partial charge in [-0.05, 0) is 63.6 Å². The van der Waals surface area contributed by atoms with Crippen LogP contribution in [0.3, 0.4) is 0 Å². The smallest absolute Gasteiger partial charge is 0.303 e. The molecule has 2 spiro atoms. The quantitative estimate of drug-likeness (QED) is 0.350. The number of anilines is 1. The van der Waals surface area contributed by atoms with Crippen LogP contribution in [0.15, 0.2) is 48.5 Å². The molecule has 2 aromatic carbocycles. The minimum atomic E-state index is -1.74. The highest BCUT2D eigenvalue weighted by Gasteiger charge is 2.93. The lowest BCUT2D eigenvalue weighted by molar-refractivity contribution is -0.172. The number of carbonyl (C=O) groups is 5. The molecule has 12 rings (SSSR count). The molecule has 16 heteroatoms. The first-order valence-corrected chi connectivity index (χ1v) is 21.4. The van der Waals surface area contributed by atoms with Gasteiger partial charge in [0.1, 0.15) is 12.3 Å².